The van der Waals surface area contributed by atoms with E-state index in [1.807, 2.05) is 0 Å². The van der Waals surface area contributed by atoms with Crippen LogP contribution >= 0.6 is 0 Å². The Morgan fingerprint density at radius 3 is 1.25 bits per heavy atom. The Balaban J connectivity index is 3.88. The zero-order valence-corrected chi connectivity index (χ0v) is 8.96. The Morgan fingerprint density at radius 1 is 0.700 bits per heavy atom. The number of rotatable bonds is 1. The maximum atomic E-state index is 12.5. The second-order valence-electron chi connectivity index (χ2n) is 3.54. The molecule has 0 aliphatic carbocycles. The van der Waals surface area contributed by atoms with Crippen molar-refractivity contribution in [1.29, 1.82) is 0 Å². The van der Waals surface area contributed by atoms with Crippen molar-refractivity contribution < 1.29 is 44.3 Å². The summed E-state index contributed by atoms with van der Waals surface area (Å²) in [5, 5.41) is 0. The van der Waals surface area contributed by atoms with E-state index in [-0.39, 0.29) is 12.1 Å². The molecule has 0 bridgehead atoms. The Hall–Kier alpha value is -1.74. The number of halogens is 9. The highest BCUT2D eigenvalue weighted by atomic mass is 19.4. The second kappa shape index (κ2) is 4.67. The van der Waals surface area contributed by atoms with Gasteiger partial charge in [-0.1, -0.05) is 0 Å². The van der Waals surface area contributed by atoms with E-state index >= 15 is 0 Å². The van der Waals surface area contributed by atoms with Crippen molar-refractivity contribution in [3.63, 3.8) is 0 Å². The average molecular weight is 309 g/mol. The van der Waals surface area contributed by atoms with E-state index in [0.29, 0.717) is 6.29 Å². The summed E-state index contributed by atoms with van der Waals surface area (Å²) in [7, 11) is 0. The van der Waals surface area contributed by atoms with Crippen molar-refractivity contribution in [2.24, 2.45) is 0 Å². The van der Waals surface area contributed by atoms with Gasteiger partial charge in [0, 0.05) is 5.56 Å². The first kappa shape index (κ1) is 16.3. The molecule has 10 heteroatoms. The Morgan fingerprint density at radius 2 is 1.05 bits per heavy atom. The molecule has 1 aromatic rings. The Bertz CT molecular complexity index is 486. The van der Waals surface area contributed by atoms with E-state index in [1.165, 1.54) is 0 Å². The van der Waals surface area contributed by atoms with Crippen molar-refractivity contribution in [2.45, 2.75) is 18.5 Å². The van der Waals surface area contributed by atoms with Crippen LogP contribution in [0, 0.1) is 0 Å². The largest absolute Gasteiger partial charge is 0.417 e. The van der Waals surface area contributed by atoms with Crippen LogP contribution in [0.1, 0.15) is 22.3 Å². The highest BCUT2D eigenvalue weighted by molar-refractivity contribution is 5.77. The minimum atomic E-state index is -5.89. The molecule has 1 nitrogen and oxygen atoms in total. The van der Waals surface area contributed by atoms with E-state index in [9.17, 15) is 44.3 Å². The summed E-state index contributed by atoms with van der Waals surface area (Å²) in [6.07, 6.45) is -16.6. The topological polar surface area (TPSA) is 17.1 Å². The van der Waals surface area contributed by atoms with Crippen molar-refractivity contribution in [3.05, 3.63) is 34.4 Å². The number of benzene rings is 1. The maximum Gasteiger partial charge on any atom is 0.417 e. The van der Waals surface area contributed by atoms with E-state index in [4.69, 9.17) is 0 Å². The number of carbonyl (C=O) groups excluding carboxylic acids is 1. The van der Waals surface area contributed by atoms with Crippen molar-refractivity contribution in [1.82, 2.24) is 0 Å². The van der Waals surface area contributed by atoms with E-state index < -0.39 is 40.8 Å². The predicted molar refractivity (Wildman–Crippen MR) is 46.2 cm³/mol. The molecule has 0 spiro atoms. The molecule has 0 amide bonds. The molecule has 0 heterocycles. The fourth-order valence-corrected chi connectivity index (χ4v) is 1.45. The number of hydrogen-bond donors (Lipinski definition) is 0. The molecule has 0 saturated heterocycles. The number of hydrogen-bond acceptors (Lipinski definition) is 1. The fourth-order valence-electron chi connectivity index (χ4n) is 1.45. The first-order valence-electron chi connectivity index (χ1n) is 4.56. The van der Waals surface area contributed by atoms with E-state index in [2.05, 4.69) is 0 Å². The van der Waals surface area contributed by atoms with Crippen molar-refractivity contribution in [2.75, 3.05) is 0 Å². The van der Waals surface area contributed by atoms with Gasteiger partial charge < -0.3 is 0 Å². The summed E-state index contributed by atoms with van der Waals surface area (Å²) in [6, 6.07) is -0.657. The lowest BCUT2D eigenvalue weighted by Crippen LogP contribution is -2.23. The van der Waals surface area contributed by atoms with Crippen LogP contribution in [0.2, 0.25) is 0 Å². The van der Waals surface area contributed by atoms with Gasteiger partial charge in [0.2, 0.25) is 6.29 Å². The SMILES string of the molecule is O=[C]c1cc(C(F)(F)F)c(C(F)(F)F)c(C(F)(F)F)c1. The molecule has 0 aromatic heterocycles. The van der Waals surface area contributed by atoms with Gasteiger partial charge in [-0.25, -0.2) is 0 Å². The molecular weight excluding hydrogens is 307 g/mol. The van der Waals surface area contributed by atoms with Gasteiger partial charge in [-0.15, -0.1) is 0 Å². The molecule has 1 rings (SSSR count). The highest BCUT2D eigenvalue weighted by Gasteiger charge is 2.50. The van der Waals surface area contributed by atoms with Crippen molar-refractivity contribution in [3.8, 4) is 0 Å². The summed E-state index contributed by atoms with van der Waals surface area (Å²) in [4.78, 5) is 10.2. The van der Waals surface area contributed by atoms with Crippen LogP contribution in [0.15, 0.2) is 12.1 Å². The molecule has 0 saturated carbocycles. The molecule has 0 fully saturated rings. The van der Waals surface area contributed by atoms with Crippen LogP contribution in [0.5, 0.6) is 0 Å². The van der Waals surface area contributed by atoms with Gasteiger partial charge >= 0.3 is 18.5 Å². The normalized spacial score (nSPS) is 13.4. The van der Waals surface area contributed by atoms with Crippen LogP contribution in [-0.4, -0.2) is 6.29 Å². The first-order valence-corrected chi connectivity index (χ1v) is 4.56. The summed E-state index contributed by atoms with van der Waals surface area (Å²) in [6.45, 7) is 0. The van der Waals surface area contributed by atoms with Crippen LogP contribution in [0.4, 0.5) is 39.5 Å². The maximum absolute atomic E-state index is 12.5. The second-order valence-corrected chi connectivity index (χ2v) is 3.54. The van der Waals surface area contributed by atoms with Crippen molar-refractivity contribution >= 4 is 6.29 Å². The predicted octanol–water partition coefficient (Wildman–Crippen LogP) is 4.20. The Labute approximate surface area is 105 Å². The molecule has 1 radical (unpaired) electrons. The van der Waals surface area contributed by atoms with Gasteiger partial charge in [0.05, 0.1) is 16.7 Å². The third-order valence-electron chi connectivity index (χ3n) is 2.15. The highest BCUT2D eigenvalue weighted by Crippen LogP contribution is 2.46. The van der Waals surface area contributed by atoms with Gasteiger partial charge in [-0.2, -0.15) is 39.5 Å². The van der Waals surface area contributed by atoms with Gasteiger partial charge in [-0.3, -0.25) is 4.79 Å². The lowest BCUT2D eigenvalue weighted by atomic mass is 9.96. The molecule has 1 aromatic carbocycles. The van der Waals surface area contributed by atoms with Gasteiger partial charge in [0.15, 0.2) is 0 Å². The lowest BCUT2D eigenvalue weighted by Gasteiger charge is -2.21. The molecule has 0 aliphatic heterocycles. The van der Waals surface area contributed by atoms with Gasteiger partial charge in [0.1, 0.15) is 0 Å². The van der Waals surface area contributed by atoms with E-state index in [1.54, 1.807) is 0 Å². The molecule has 0 aliphatic rings. The third kappa shape index (κ3) is 3.23. The summed E-state index contributed by atoms with van der Waals surface area (Å²) in [5.41, 5.74) is -9.33. The van der Waals surface area contributed by atoms with Gasteiger partial charge in [-0.05, 0) is 12.1 Å². The Kier molecular flexibility index (Phi) is 3.81. The number of alkyl halides is 9. The molecule has 0 unspecified atom stereocenters. The van der Waals surface area contributed by atoms with Crippen LogP contribution < -0.4 is 0 Å². The van der Waals surface area contributed by atoms with Gasteiger partial charge in [0.25, 0.3) is 0 Å². The monoisotopic (exact) mass is 309 g/mol. The van der Waals surface area contributed by atoms with Crippen LogP contribution in [0.3, 0.4) is 0 Å². The summed E-state index contributed by atoms with van der Waals surface area (Å²) in [5.74, 6) is 0. The zero-order valence-electron chi connectivity index (χ0n) is 8.96. The third-order valence-corrected chi connectivity index (χ3v) is 2.15. The van der Waals surface area contributed by atoms with E-state index in [0.717, 1.165) is 0 Å². The van der Waals surface area contributed by atoms with Crippen LogP contribution in [0.25, 0.3) is 0 Å². The quantitative estimate of drug-likeness (QED) is 0.711. The molecule has 20 heavy (non-hydrogen) atoms. The lowest BCUT2D eigenvalue weighted by molar-refractivity contribution is -0.174. The fraction of sp³-hybridized carbons (Fsp3) is 0.300. The smallest absolute Gasteiger partial charge is 0.285 e. The zero-order chi connectivity index (χ0) is 15.9. The molecular formula is C10H2F9O. The molecule has 0 N–H and O–H groups in total. The first-order chi connectivity index (χ1) is 8.78. The molecule has 111 valence electrons. The summed E-state index contributed by atoms with van der Waals surface area (Å²) < 4.78 is 112. The summed E-state index contributed by atoms with van der Waals surface area (Å²) >= 11 is 0. The molecule has 0 atom stereocenters. The average Bonchev–Trinajstić information content (AvgIpc) is 2.23. The van der Waals surface area contributed by atoms with Crippen LogP contribution in [-0.2, 0) is 23.3 Å². The minimum Gasteiger partial charge on any atom is -0.285 e. The standard InChI is InChI=1S/C10H2F9O/c11-8(12,13)5-1-4(3-20)2-6(9(14,15)16)7(5)10(17,18)19/h1-2H. The minimum absolute atomic E-state index is 0.328.